The molecule has 4 aromatic rings. The highest BCUT2D eigenvalue weighted by Gasteiger charge is 2.24. The van der Waals surface area contributed by atoms with Gasteiger partial charge in [-0.1, -0.05) is 18.2 Å². The molecule has 3 N–H and O–H groups in total. The molecule has 0 aliphatic rings. The number of aliphatic hydroxyl groups excluding tert-OH is 1. The van der Waals surface area contributed by atoms with Crippen LogP contribution in [0.3, 0.4) is 0 Å². The van der Waals surface area contributed by atoms with Gasteiger partial charge in [0.25, 0.3) is 0 Å². The molecular weight excluding hydrogens is 438 g/mol. The highest BCUT2D eigenvalue weighted by atomic mass is 16.5. The van der Waals surface area contributed by atoms with Crippen LogP contribution in [0, 0.1) is 0 Å². The number of fused-ring (bicyclic) bond motifs is 1. The summed E-state index contributed by atoms with van der Waals surface area (Å²) in [7, 11) is 5.93. The summed E-state index contributed by atoms with van der Waals surface area (Å²) in [5.74, 6) is 1.05. The molecule has 176 valence electrons. The minimum atomic E-state index is -0.314. The first-order chi connectivity index (χ1) is 16.4. The van der Waals surface area contributed by atoms with E-state index in [0.29, 0.717) is 56.5 Å². The van der Waals surface area contributed by atoms with Gasteiger partial charge in [0.15, 0.2) is 23.0 Å². The Morgan fingerprint density at radius 1 is 0.853 bits per heavy atom. The number of ketones is 1. The third-order valence-corrected chi connectivity index (χ3v) is 5.67. The van der Waals surface area contributed by atoms with Crippen molar-refractivity contribution in [3.63, 3.8) is 0 Å². The van der Waals surface area contributed by atoms with E-state index in [1.54, 1.807) is 42.5 Å². The molecule has 8 heteroatoms. The second-order valence-corrected chi connectivity index (χ2v) is 7.54. The summed E-state index contributed by atoms with van der Waals surface area (Å²) in [6.07, 6.45) is 0. The van der Waals surface area contributed by atoms with Gasteiger partial charge in [0.2, 0.25) is 11.5 Å². The zero-order chi connectivity index (χ0) is 24.4. The number of aromatic hydroxyl groups is 1. The Hall–Kier alpha value is -4.17. The molecule has 0 bridgehead atoms. The smallest absolute Gasteiger partial charge is 0.210 e. The maximum Gasteiger partial charge on any atom is 0.210 e. The first-order valence-electron chi connectivity index (χ1n) is 10.4. The van der Waals surface area contributed by atoms with Crippen molar-refractivity contribution in [1.82, 2.24) is 4.98 Å². The van der Waals surface area contributed by atoms with Crippen LogP contribution >= 0.6 is 0 Å². The van der Waals surface area contributed by atoms with Gasteiger partial charge in [0.05, 0.1) is 40.7 Å². The van der Waals surface area contributed by atoms with E-state index in [1.165, 1.54) is 28.4 Å². The maximum absolute atomic E-state index is 13.8. The largest absolute Gasteiger partial charge is 0.504 e. The van der Waals surface area contributed by atoms with Gasteiger partial charge in [-0.2, -0.15) is 0 Å². The van der Waals surface area contributed by atoms with Crippen LogP contribution in [0.15, 0.2) is 48.5 Å². The van der Waals surface area contributed by atoms with Crippen molar-refractivity contribution < 1.29 is 34.0 Å². The number of ether oxygens (including phenoxy) is 4. The number of carbonyl (C=O) groups is 1. The molecule has 0 atom stereocenters. The van der Waals surface area contributed by atoms with E-state index in [0.717, 1.165) is 5.39 Å². The Bertz CT molecular complexity index is 1350. The van der Waals surface area contributed by atoms with Crippen LogP contribution in [0.2, 0.25) is 0 Å². The summed E-state index contributed by atoms with van der Waals surface area (Å²) >= 11 is 0. The van der Waals surface area contributed by atoms with Crippen LogP contribution in [0.1, 0.15) is 21.6 Å². The maximum atomic E-state index is 13.8. The molecule has 3 aromatic carbocycles. The summed E-state index contributed by atoms with van der Waals surface area (Å²) < 4.78 is 21.3. The van der Waals surface area contributed by atoms with E-state index in [1.807, 2.05) is 6.07 Å². The van der Waals surface area contributed by atoms with E-state index in [2.05, 4.69) is 4.98 Å². The van der Waals surface area contributed by atoms with Crippen LogP contribution in [-0.2, 0) is 6.61 Å². The summed E-state index contributed by atoms with van der Waals surface area (Å²) in [6.45, 7) is -0.135. The molecule has 0 saturated heterocycles. The second-order valence-electron chi connectivity index (χ2n) is 7.54. The van der Waals surface area contributed by atoms with Crippen LogP contribution in [0.4, 0.5) is 0 Å². The Morgan fingerprint density at radius 3 is 2.09 bits per heavy atom. The normalized spacial score (nSPS) is 10.9. The molecule has 0 aliphatic heterocycles. The third-order valence-electron chi connectivity index (χ3n) is 5.67. The minimum absolute atomic E-state index is 0.0486. The van der Waals surface area contributed by atoms with Crippen LogP contribution < -0.4 is 18.9 Å². The molecule has 0 aliphatic carbocycles. The average Bonchev–Trinajstić information content (AvgIpc) is 3.25. The van der Waals surface area contributed by atoms with Crippen molar-refractivity contribution in [3.05, 3.63) is 65.4 Å². The number of phenolic OH excluding ortho intramolecular Hbond substituents is 1. The number of H-pyrrole nitrogens is 1. The van der Waals surface area contributed by atoms with E-state index >= 15 is 0 Å². The van der Waals surface area contributed by atoms with Gasteiger partial charge in [0, 0.05) is 22.0 Å². The molecule has 1 aromatic heterocycles. The fourth-order valence-corrected chi connectivity index (χ4v) is 4.02. The number of aromatic nitrogens is 1. The second kappa shape index (κ2) is 9.36. The van der Waals surface area contributed by atoms with Crippen LogP contribution in [-0.4, -0.2) is 49.4 Å². The number of hydrogen-bond donors (Lipinski definition) is 3. The van der Waals surface area contributed by atoms with Gasteiger partial charge in [-0.15, -0.1) is 0 Å². The lowest BCUT2D eigenvalue weighted by molar-refractivity contribution is 0.103. The van der Waals surface area contributed by atoms with Crippen LogP contribution in [0.25, 0.3) is 22.0 Å². The molecule has 0 fully saturated rings. The molecule has 0 saturated carbocycles. The number of nitrogens with one attached hydrogen (secondary N) is 1. The van der Waals surface area contributed by atoms with Gasteiger partial charge < -0.3 is 34.1 Å². The number of rotatable bonds is 8. The molecule has 0 spiro atoms. The Morgan fingerprint density at radius 2 is 1.53 bits per heavy atom. The fourth-order valence-electron chi connectivity index (χ4n) is 4.02. The Labute approximate surface area is 196 Å². The van der Waals surface area contributed by atoms with Crippen LogP contribution in [0.5, 0.6) is 28.7 Å². The topological polar surface area (TPSA) is 110 Å². The molecular formula is C26H25NO7. The van der Waals surface area contributed by atoms with Crippen molar-refractivity contribution in [2.75, 3.05) is 28.4 Å². The summed E-state index contributed by atoms with van der Waals surface area (Å²) in [5.41, 5.74) is 3.23. The SMILES string of the molecule is COc1ccc(-c2c(C(=O)c3cc(OC)c(OC)c(OC)c3)[nH]c3cc(CO)ccc23)cc1O. The van der Waals surface area contributed by atoms with Crippen molar-refractivity contribution in [3.8, 4) is 39.9 Å². The van der Waals surface area contributed by atoms with Gasteiger partial charge >= 0.3 is 0 Å². The lowest BCUT2D eigenvalue weighted by Crippen LogP contribution is -2.06. The lowest BCUT2D eigenvalue weighted by atomic mass is 9.96. The first kappa shape index (κ1) is 23.0. The van der Waals surface area contributed by atoms with E-state index in [4.69, 9.17) is 18.9 Å². The van der Waals surface area contributed by atoms with Crippen molar-refractivity contribution in [2.45, 2.75) is 6.61 Å². The van der Waals surface area contributed by atoms with Crippen molar-refractivity contribution in [1.29, 1.82) is 0 Å². The number of methoxy groups -OCH3 is 4. The van der Waals surface area contributed by atoms with E-state index in [9.17, 15) is 15.0 Å². The number of aromatic amines is 1. The average molecular weight is 463 g/mol. The van der Waals surface area contributed by atoms with E-state index in [-0.39, 0.29) is 18.1 Å². The zero-order valence-corrected chi connectivity index (χ0v) is 19.3. The van der Waals surface area contributed by atoms with Gasteiger partial charge in [-0.3, -0.25) is 4.79 Å². The quantitative estimate of drug-likeness (QED) is 0.334. The Balaban J connectivity index is 1.96. The molecule has 0 amide bonds. The predicted molar refractivity (Wildman–Crippen MR) is 127 cm³/mol. The molecule has 0 radical (unpaired) electrons. The number of phenols is 1. The highest BCUT2D eigenvalue weighted by Crippen LogP contribution is 2.41. The number of aliphatic hydroxyl groups is 1. The molecule has 1 heterocycles. The van der Waals surface area contributed by atoms with Gasteiger partial charge in [-0.05, 0) is 41.5 Å². The van der Waals surface area contributed by atoms with E-state index < -0.39 is 0 Å². The molecule has 34 heavy (non-hydrogen) atoms. The molecule has 8 nitrogen and oxygen atoms in total. The number of hydrogen-bond acceptors (Lipinski definition) is 7. The summed E-state index contributed by atoms with van der Waals surface area (Å²) in [4.78, 5) is 17.0. The molecule has 0 unspecified atom stereocenters. The molecule has 4 rings (SSSR count). The fraction of sp³-hybridized carbons (Fsp3) is 0.192. The van der Waals surface area contributed by atoms with Gasteiger partial charge in [-0.25, -0.2) is 0 Å². The summed E-state index contributed by atoms with van der Waals surface area (Å²) in [5, 5.41) is 20.7. The predicted octanol–water partition coefficient (Wildman–Crippen LogP) is 4.30. The monoisotopic (exact) mass is 463 g/mol. The summed E-state index contributed by atoms with van der Waals surface area (Å²) in [6, 6.07) is 13.5. The first-order valence-corrected chi connectivity index (χ1v) is 10.4. The van der Waals surface area contributed by atoms with Crippen molar-refractivity contribution in [2.24, 2.45) is 0 Å². The lowest BCUT2D eigenvalue weighted by Gasteiger charge is -2.14. The standard InChI is InChI=1S/C26H25NO7/c1-31-20-8-6-15(10-19(20)29)23-17-7-5-14(13-28)9-18(17)27-24(23)25(30)16-11-21(32-2)26(34-4)22(12-16)33-3/h5-12,27-29H,13H2,1-4H3. The zero-order valence-electron chi connectivity index (χ0n) is 19.3. The Kier molecular flexibility index (Phi) is 6.34. The third kappa shape index (κ3) is 3.88. The minimum Gasteiger partial charge on any atom is -0.504 e. The van der Waals surface area contributed by atoms with Crippen molar-refractivity contribution >= 4 is 16.7 Å². The highest BCUT2D eigenvalue weighted by molar-refractivity contribution is 6.17. The number of carbonyl (C=O) groups excluding carboxylic acids is 1. The van der Waals surface area contributed by atoms with Gasteiger partial charge in [0.1, 0.15) is 0 Å². The number of benzene rings is 3.